The molecule has 1 atom stereocenters. The van der Waals surface area contributed by atoms with Gasteiger partial charge in [0.05, 0.1) is 17.6 Å². The molecule has 1 saturated heterocycles. The highest BCUT2D eigenvalue weighted by molar-refractivity contribution is 7.91. The lowest BCUT2D eigenvalue weighted by molar-refractivity contribution is 0.199. The lowest BCUT2D eigenvalue weighted by atomic mass is 10.1. The molecule has 2 rings (SSSR count). The molecular weight excluding hydrogens is 292 g/mol. The van der Waals surface area contributed by atoms with E-state index in [1.807, 2.05) is 0 Å². The van der Waals surface area contributed by atoms with E-state index in [2.05, 4.69) is 10.6 Å². The quantitative estimate of drug-likeness (QED) is 0.787. The van der Waals surface area contributed by atoms with Crippen molar-refractivity contribution in [2.75, 3.05) is 16.8 Å². The summed E-state index contributed by atoms with van der Waals surface area (Å²) in [6, 6.07) is 6.49. The molecule has 0 aliphatic carbocycles. The number of carbonyl (C=O) groups excluding carboxylic acids is 1. The molecule has 1 heterocycles. The molecule has 6 nitrogen and oxygen atoms in total. The number of urea groups is 1. The number of aliphatic hydroxyl groups is 1. The smallest absolute Gasteiger partial charge is 0.319 e. The van der Waals surface area contributed by atoms with Gasteiger partial charge in [-0.3, -0.25) is 0 Å². The molecule has 0 radical (unpaired) electrons. The summed E-state index contributed by atoms with van der Waals surface area (Å²) in [6.07, 6.45) is 0.297. The van der Waals surface area contributed by atoms with Crippen LogP contribution >= 0.6 is 0 Å². The monoisotopic (exact) mass is 312 g/mol. The van der Waals surface area contributed by atoms with Crippen molar-refractivity contribution in [2.24, 2.45) is 0 Å². The minimum Gasteiger partial charge on any atom is -0.389 e. The fourth-order valence-electron chi connectivity index (χ4n) is 2.26. The summed E-state index contributed by atoms with van der Waals surface area (Å²) in [6.45, 7) is 1.65. The van der Waals surface area contributed by atoms with E-state index in [1.165, 1.54) is 0 Å². The molecule has 1 aromatic rings. The maximum absolute atomic E-state index is 11.9. The minimum absolute atomic E-state index is 0.117. The average molecular weight is 312 g/mol. The third-order valence-corrected chi connectivity index (χ3v) is 5.23. The van der Waals surface area contributed by atoms with Crippen molar-refractivity contribution in [3.05, 3.63) is 29.8 Å². The van der Waals surface area contributed by atoms with E-state index in [9.17, 15) is 18.3 Å². The molecule has 116 valence electrons. The van der Waals surface area contributed by atoms with Gasteiger partial charge in [0.25, 0.3) is 0 Å². The molecule has 0 bridgehead atoms. The number of hydrogen-bond donors (Lipinski definition) is 3. The third-order valence-electron chi connectivity index (χ3n) is 3.52. The third kappa shape index (κ3) is 4.71. The number of nitrogens with one attached hydrogen (secondary N) is 2. The van der Waals surface area contributed by atoms with Gasteiger partial charge in [-0.2, -0.15) is 0 Å². The normalized spacial score (nSPS) is 19.7. The van der Waals surface area contributed by atoms with Gasteiger partial charge in [0.15, 0.2) is 0 Å². The van der Waals surface area contributed by atoms with E-state index in [0.29, 0.717) is 18.5 Å². The Labute approximate surface area is 124 Å². The first-order chi connectivity index (χ1) is 9.85. The molecule has 1 unspecified atom stereocenters. The zero-order chi connectivity index (χ0) is 15.5. The zero-order valence-corrected chi connectivity index (χ0v) is 12.7. The Bertz CT molecular complexity index is 599. The highest BCUT2D eigenvalue weighted by atomic mass is 32.2. The highest BCUT2D eigenvalue weighted by Crippen LogP contribution is 2.17. The number of hydrogen-bond acceptors (Lipinski definition) is 4. The van der Waals surface area contributed by atoms with Crippen LogP contribution in [0.5, 0.6) is 0 Å². The molecule has 1 aromatic carbocycles. The number of benzene rings is 1. The highest BCUT2D eigenvalue weighted by Gasteiger charge is 2.24. The van der Waals surface area contributed by atoms with Gasteiger partial charge in [-0.25, -0.2) is 13.2 Å². The van der Waals surface area contributed by atoms with Crippen LogP contribution in [-0.4, -0.2) is 37.1 Å². The Kier molecular flexibility index (Phi) is 4.84. The van der Waals surface area contributed by atoms with Crippen molar-refractivity contribution in [3.8, 4) is 0 Å². The Hall–Kier alpha value is -1.60. The molecule has 2 amide bonds. The van der Waals surface area contributed by atoms with Gasteiger partial charge in [0.1, 0.15) is 9.84 Å². The maximum Gasteiger partial charge on any atom is 0.319 e. The van der Waals surface area contributed by atoms with Gasteiger partial charge < -0.3 is 15.7 Å². The SMILES string of the molecule is CC(O)c1cccc(NC(=O)NC2CCS(=O)(=O)CC2)c1. The first-order valence-corrected chi connectivity index (χ1v) is 8.74. The second-order valence-corrected chi connectivity index (χ2v) is 7.63. The largest absolute Gasteiger partial charge is 0.389 e. The Balaban J connectivity index is 1.89. The van der Waals surface area contributed by atoms with E-state index in [0.717, 1.165) is 5.56 Å². The number of anilines is 1. The number of aliphatic hydroxyl groups excluding tert-OH is 1. The predicted molar refractivity (Wildman–Crippen MR) is 80.9 cm³/mol. The lowest BCUT2D eigenvalue weighted by Crippen LogP contribution is -2.42. The van der Waals surface area contributed by atoms with Gasteiger partial charge >= 0.3 is 6.03 Å². The van der Waals surface area contributed by atoms with E-state index in [1.54, 1.807) is 31.2 Å². The molecule has 1 aliphatic rings. The molecule has 21 heavy (non-hydrogen) atoms. The van der Waals surface area contributed by atoms with Gasteiger partial charge in [0.2, 0.25) is 0 Å². The fourth-order valence-corrected chi connectivity index (χ4v) is 3.75. The van der Waals surface area contributed by atoms with E-state index < -0.39 is 15.9 Å². The molecule has 7 heteroatoms. The van der Waals surface area contributed by atoms with Crippen LogP contribution in [0.3, 0.4) is 0 Å². The first kappa shape index (κ1) is 15.8. The van der Waals surface area contributed by atoms with Gasteiger partial charge in [-0.05, 0) is 37.5 Å². The van der Waals surface area contributed by atoms with Gasteiger partial charge in [-0.1, -0.05) is 12.1 Å². The van der Waals surface area contributed by atoms with Crippen LogP contribution in [0, 0.1) is 0 Å². The predicted octanol–water partition coefficient (Wildman–Crippen LogP) is 1.44. The Morgan fingerprint density at radius 3 is 2.62 bits per heavy atom. The van der Waals surface area contributed by atoms with Crippen molar-refractivity contribution in [1.82, 2.24) is 5.32 Å². The van der Waals surface area contributed by atoms with Gasteiger partial charge in [-0.15, -0.1) is 0 Å². The number of sulfone groups is 1. The molecule has 0 spiro atoms. The summed E-state index contributed by atoms with van der Waals surface area (Å²) < 4.78 is 22.6. The molecule has 0 aromatic heterocycles. The van der Waals surface area contributed by atoms with Crippen LogP contribution in [0.25, 0.3) is 0 Å². The van der Waals surface area contributed by atoms with Crippen LogP contribution in [-0.2, 0) is 9.84 Å². The molecule has 0 saturated carbocycles. The standard InChI is InChI=1S/C14H20N2O4S/c1-10(17)11-3-2-4-13(9-11)16-14(18)15-12-5-7-21(19,20)8-6-12/h2-4,9-10,12,17H,5-8H2,1H3,(H2,15,16,18). The Morgan fingerprint density at radius 2 is 2.00 bits per heavy atom. The van der Waals surface area contributed by atoms with Crippen molar-refractivity contribution in [3.63, 3.8) is 0 Å². The molecule has 1 fully saturated rings. The lowest BCUT2D eigenvalue weighted by Gasteiger charge is -2.23. The number of amides is 2. The molecule has 3 N–H and O–H groups in total. The Morgan fingerprint density at radius 1 is 1.33 bits per heavy atom. The van der Waals surface area contributed by atoms with Crippen LogP contribution in [0.15, 0.2) is 24.3 Å². The number of carbonyl (C=O) groups is 1. The van der Waals surface area contributed by atoms with E-state index in [4.69, 9.17) is 0 Å². The fraction of sp³-hybridized carbons (Fsp3) is 0.500. The van der Waals surface area contributed by atoms with Gasteiger partial charge in [0, 0.05) is 11.7 Å². The van der Waals surface area contributed by atoms with Crippen LogP contribution in [0.1, 0.15) is 31.4 Å². The summed E-state index contributed by atoms with van der Waals surface area (Å²) in [5.74, 6) is 0.241. The first-order valence-electron chi connectivity index (χ1n) is 6.92. The molecular formula is C14H20N2O4S. The van der Waals surface area contributed by atoms with E-state index >= 15 is 0 Å². The summed E-state index contributed by atoms with van der Waals surface area (Å²) in [5, 5.41) is 15.0. The van der Waals surface area contributed by atoms with Crippen LogP contribution in [0.4, 0.5) is 10.5 Å². The average Bonchev–Trinajstić information content (AvgIpc) is 2.41. The summed E-state index contributed by atoms with van der Waals surface area (Å²) >= 11 is 0. The maximum atomic E-state index is 11.9. The van der Waals surface area contributed by atoms with Crippen molar-refractivity contribution < 1.29 is 18.3 Å². The van der Waals surface area contributed by atoms with Crippen molar-refractivity contribution in [1.29, 1.82) is 0 Å². The zero-order valence-electron chi connectivity index (χ0n) is 11.9. The van der Waals surface area contributed by atoms with Crippen LogP contribution < -0.4 is 10.6 Å². The topological polar surface area (TPSA) is 95.5 Å². The molecule has 1 aliphatic heterocycles. The number of rotatable bonds is 3. The second-order valence-electron chi connectivity index (χ2n) is 5.33. The second kappa shape index (κ2) is 6.44. The van der Waals surface area contributed by atoms with Crippen molar-refractivity contribution in [2.45, 2.75) is 31.9 Å². The van der Waals surface area contributed by atoms with Crippen molar-refractivity contribution >= 4 is 21.6 Å². The minimum atomic E-state index is -2.92. The summed E-state index contributed by atoms with van der Waals surface area (Å²) in [4.78, 5) is 11.9. The summed E-state index contributed by atoms with van der Waals surface area (Å²) in [5.41, 5.74) is 1.31. The van der Waals surface area contributed by atoms with E-state index in [-0.39, 0.29) is 23.6 Å². The van der Waals surface area contributed by atoms with Crippen LogP contribution in [0.2, 0.25) is 0 Å². The summed E-state index contributed by atoms with van der Waals surface area (Å²) in [7, 11) is -2.92.